The Bertz CT molecular complexity index is 3160. The van der Waals surface area contributed by atoms with Crippen molar-refractivity contribution >= 4 is 21.5 Å². The summed E-state index contributed by atoms with van der Waals surface area (Å²) in [6.45, 7) is 4.71. The third-order valence-corrected chi connectivity index (χ3v) is 12.2. The molecule has 1 aromatic heterocycles. The lowest BCUT2D eigenvalue weighted by Crippen LogP contribution is -2.18. The zero-order chi connectivity index (χ0) is 39.5. The molecule has 0 spiro atoms. The van der Waals surface area contributed by atoms with Gasteiger partial charge in [0, 0.05) is 27.7 Å². The Morgan fingerprint density at radius 1 is 0.288 bits per heavy atom. The van der Waals surface area contributed by atoms with Crippen LogP contribution in [0.2, 0.25) is 0 Å². The Morgan fingerprint density at radius 3 is 1.24 bits per heavy atom. The highest BCUT2D eigenvalue weighted by molar-refractivity contribution is 6.18. The summed E-state index contributed by atoms with van der Waals surface area (Å²) in [5.74, 6) is 0.736. The molecule has 2 nitrogen and oxygen atoms in total. The van der Waals surface area contributed by atoms with E-state index in [2.05, 4.69) is 214 Å². The van der Waals surface area contributed by atoms with E-state index in [1.54, 1.807) is 0 Å². The fourth-order valence-corrected chi connectivity index (χ4v) is 9.43. The smallest absolute Gasteiger partial charge is 0.160 e. The summed E-state index contributed by atoms with van der Waals surface area (Å²) in [5.41, 5.74) is 16.9. The summed E-state index contributed by atoms with van der Waals surface area (Å²) in [6, 6.07) is 74.3. The van der Waals surface area contributed by atoms with Crippen LogP contribution in [0.25, 0.3) is 100.0 Å². The predicted octanol–water partition coefficient (Wildman–Crippen LogP) is 15.1. The molecule has 0 fully saturated rings. The minimum atomic E-state index is -0.366. The van der Waals surface area contributed by atoms with Crippen molar-refractivity contribution in [2.24, 2.45) is 0 Å². The van der Waals surface area contributed by atoms with Gasteiger partial charge in [0.2, 0.25) is 0 Å². The molecule has 1 heterocycles. The van der Waals surface area contributed by atoms with Crippen LogP contribution in [0.4, 0.5) is 0 Å². The average molecular weight is 753 g/mol. The van der Waals surface area contributed by atoms with E-state index >= 15 is 0 Å². The maximum Gasteiger partial charge on any atom is 0.160 e. The molecule has 0 bridgehead atoms. The normalized spacial score (nSPS) is 12.7. The Kier molecular flexibility index (Phi) is 8.20. The SMILES string of the molecule is CC1(C)c2c(-c3cccc(-c4cccc(-c5cc(-c6ccccc6)cc(-c6ccccc6)c5)c4)c3)nc(-c3ccccc3)nc2-c2c1c1ccccc1c1ccccc21. The van der Waals surface area contributed by atoms with Gasteiger partial charge < -0.3 is 0 Å². The van der Waals surface area contributed by atoms with Crippen molar-refractivity contribution in [3.8, 4) is 78.4 Å². The van der Waals surface area contributed by atoms with E-state index in [1.165, 1.54) is 71.6 Å². The standard InChI is InChI=1S/C57H40N2/c1-57(2)52-50-31-15-13-29-48(50)47-28-12-14-30-49(47)51(52)55-53(57)54(58-56(59-55)39-22-10-5-11-23-39)43-27-17-25-41(33-43)40-24-16-26-42(32-40)46-35-44(37-18-6-3-7-19-37)34-45(36-46)38-20-8-4-9-21-38/h3-36H,1-2H3. The third kappa shape index (κ3) is 5.87. The lowest BCUT2D eigenvalue weighted by atomic mass is 9.78. The van der Waals surface area contributed by atoms with Gasteiger partial charge >= 0.3 is 0 Å². The number of nitrogens with zero attached hydrogens (tertiary/aromatic N) is 2. The van der Waals surface area contributed by atoms with Crippen LogP contribution < -0.4 is 0 Å². The van der Waals surface area contributed by atoms with E-state index in [9.17, 15) is 0 Å². The predicted molar refractivity (Wildman–Crippen MR) is 247 cm³/mol. The van der Waals surface area contributed by atoms with Crippen LogP contribution in [0.5, 0.6) is 0 Å². The Balaban J connectivity index is 1.09. The number of fused-ring (bicyclic) bond motifs is 8. The van der Waals surface area contributed by atoms with Gasteiger partial charge in [0.05, 0.1) is 11.4 Å². The highest BCUT2D eigenvalue weighted by atomic mass is 14.9. The molecular formula is C57H40N2. The fraction of sp³-hybridized carbons (Fsp3) is 0.0526. The van der Waals surface area contributed by atoms with Crippen molar-refractivity contribution in [1.82, 2.24) is 9.97 Å². The van der Waals surface area contributed by atoms with E-state index in [4.69, 9.17) is 9.97 Å². The van der Waals surface area contributed by atoms with Gasteiger partial charge in [0.15, 0.2) is 5.82 Å². The summed E-state index contributed by atoms with van der Waals surface area (Å²) in [6.07, 6.45) is 0. The second kappa shape index (κ2) is 13.9. The molecule has 59 heavy (non-hydrogen) atoms. The van der Waals surface area contributed by atoms with Gasteiger partial charge in [-0.3, -0.25) is 0 Å². The monoisotopic (exact) mass is 752 g/mol. The molecule has 0 amide bonds. The molecule has 1 aliphatic carbocycles. The topological polar surface area (TPSA) is 25.8 Å². The summed E-state index contributed by atoms with van der Waals surface area (Å²) in [4.78, 5) is 11.0. The van der Waals surface area contributed by atoms with Crippen molar-refractivity contribution in [2.45, 2.75) is 19.3 Å². The largest absolute Gasteiger partial charge is 0.228 e. The molecule has 1 aliphatic rings. The molecule has 0 aliphatic heterocycles. The molecule has 0 saturated carbocycles. The number of aromatic nitrogens is 2. The summed E-state index contributed by atoms with van der Waals surface area (Å²) < 4.78 is 0. The third-order valence-electron chi connectivity index (χ3n) is 12.2. The summed E-state index contributed by atoms with van der Waals surface area (Å²) in [7, 11) is 0. The quantitative estimate of drug-likeness (QED) is 0.158. The fourth-order valence-electron chi connectivity index (χ4n) is 9.43. The number of hydrogen-bond acceptors (Lipinski definition) is 2. The maximum atomic E-state index is 5.49. The summed E-state index contributed by atoms with van der Waals surface area (Å²) >= 11 is 0. The van der Waals surface area contributed by atoms with Crippen LogP contribution in [0.3, 0.4) is 0 Å². The number of benzene rings is 9. The number of hydrogen-bond donors (Lipinski definition) is 0. The van der Waals surface area contributed by atoms with E-state index in [0.29, 0.717) is 0 Å². The van der Waals surface area contributed by atoms with Gasteiger partial charge in [-0.15, -0.1) is 0 Å². The van der Waals surface area contributed by atoms with Gasteiger partial charge in [0.1, 0.15) is 0 Å². The van der Waals surface area contributed by atoms with Crippen LogP contribution >= 0.6 is 0 Å². The minimum absolute atomic E-state index is 0.366. The van der Waals surface area contributed by atoms with E-state index < -0.39 is 0 Å². The van der Waals surface area contributed by atoms with Gasteiger partial charge in [0.25, 0.3) is 0 Å². The minimum Gasteiger partial charge on any atom is -0.228 e. The molecule has 0 saturated heterocycles. The molecule has 11 rings (SSSR count). The highest BCUT2D eigenvalue weighted by Gasteiger charge is 2.42. The first-order chi connectivity index (χ1) is 29.0. The first-order valence-electron chi connectivity index (χ1n) is 20.4. The lowest BCUT2D eigenvalue weighted by molar-refractivity contribution is 0.664. The van der Waals surface area contributed by atoms with Gasteiger partial charge in [-0.1, -0.05) is 190 Å². The molecule has 0 radical (unpaired) electrons. The Hall–Kier alpha value is -7.42. The number of rotatable bonds is 6. The highest BCUT2D eigenvalue weighted by Crippen LogP contribution is 2.56. The van der Waals surface area contributed by atoms with Crippen molar-refractivity contribution in [1.29, 1.82) is 0 Å². The van der Waals surface area contributed by atoms with Crippen LogP contribution in [-0.4, -0.2) is 9.97 Å². The van der Waals surface area contributed by atoms with Crippen molar-refractivity contribution in [2.75, 3.05) is 0 Å². The molecule has 0 unspecified atom stereocenters. The van der Waals surface area contributed by atoms with Crippen LogP contribution in [-0.2, 0) is 5.41 Å². The maximum absolute atomic E-state index is 5.49. The van der Waals surface area contributed by atoms with Gasteiger partial charge in [-0.05, 0) is 102 Å². The average Bonchev–Trinajstić information content (AvgIpc) is 3.56. The zero-order valence-electron chi connectivity index (χ0n) is 33.0. The van der Waals surface area contributed by atoms with E-state index in [0.717, 1.165) is 39.5 Å². The van der Waals surface area contributed by atoms with E-state index in [-0.39, 0.29) is 5.41 Å². The Morgan fingerprint density at radius 2 is 0.661 bits per heavy atom. The molecule has 9 aromatic carbocycles. The molecule has 0 atom stereocenters. The van der Waals surface area contributed by atoms with Gasteiger partial charge in [-0.2, -0.15) is 0 Å². The molecular weight excluding hydrogens is 713 g/mol. The van der Waals surface area contributed by atoms with Crippen molar-refractivity contribution < 1.29 is 0 Å². The van der Waals surface area contributed by atoms with Crippen LogP contribution in [0.15, 0.2) is 206 Å². The van der Waals surface area contributed by atoms with Gasteiger partial charge in [-0.25, -0.2) is 9.97 Å². The molecule has 0 N–H and O–H groups in total. The van der Waals surface area contributed by atoms with Crippen LogP contribution in [0.1, 0.15) is 25.0 Å². The van der Waals surface area contributed by atoms with Crippen molar-refractivity contribution in [3.05, 3.63) is 217 Å². The second-order valence-corrected chi connectivity index (χ2v) is 16.1. The van der Waals surface area contributed by atoms with Crippen LogP contribution in [0, 0.1) is 0 Å². The lowest BCUT2D eigenvalue weighted by Gasteiger charge is -2.25. The first kappa shape index (κ1) is 34.8. The Labute approximate surface area is 345 Å². The summed E-state index contributed by atoms with van der Waals surface area (Å²) in [5, 5.41) is 5.02. The zero-order valence-corrected chi connectivity index (χ0v) is 33.0. The second-order valence-electron chi connectivity index (χ2n) is 16.1. The molecule has 2 heteroatoms. The van der Waals surface area contributed by atoms with E-state index in [1.807, 2.05) is 6.07 Å². The molecule has 10 aromatic rings. The first-order valence-corrected chi connectivity index (χ1v) is 20.4. The van der Waals surface area contributed by atoms with Crippen molar-refractivity contribution in [3.63, 3.8) is 0 Å². The molecule has 278 valence electrons.